The lowest BCUT2D eigenvalue weighted by molar-refractivity contribution is 0.0991. The van der Waals surface area contributed by atoms with E-state index in [0.29, 0.717) is 17.0 Å². The molecule has 0 radical (unpaired) electrons. The maximum Gasteiger partial charge on any atom is 0.169 e. The molecule has 1 aromatic carbocycles. The zero-order chi connectivity index (χ0) is 13.1. The van der Waals surface area contributed by atoms with Crippen LogP contribution in [-0.2, 0) is 6.42 Å². The highest BCUT2D eigenvalue weighted by Crippen LogP contribution is 2.17. The summed E-state index contributed by atoms with van der Waals surface area (Å²) >= 11 is 5.88. The molecule has 0 aliphatic carbocycles. The molecule has 0 amide bonds. The smallest absolute Gasteiger partial charge is 0.169 e. The van der Waals surface area contributed by atoms with Crippen LogP contribution in [0.4, 0.5) is 0 Å². The Labute approximate surface area is 112 Å². The van der Waals surface area contributed by atoms with E-state index in [4.69, 9.17) is 11.6 Å². The van der Waals surface area contributed by atoms with Crippen molar-refractivity contribution in [3.63, 3.8) is 0 Å². The minimum Gasteiger partial charge on any atom is -0.294 e. The van der Waals surface area contributed by atoms with E-state index in [-0.39, 0.29) is 5.78 Å². The molecule has 1 aromatic heterocycles. The molecule has 0 aliphatic rings. The van der Waals surface area contributed by atoms with Crippen molar-refractivity contribution in [2.75, 3.05) is 0 Å². The van der Waals surface area contributed by atoms with Gasteiger partial charge in [-0.15, -0.1) is 0 Å². The molecule has 0 N–H and O–H groups in total. The molecule has 92 valence electrons. The van der Waals surface area contributed by atoms with Crippen LogP contribution < -0.4 is 0 Å². The van der Waals surface area contributed by atoms with Crippen LogP contribution >= 0.6 is 11.6 Å². The number of hydrogen-bond acceptors (Lipinski definition) is 2. The average Bonchev–Trinajstić information content (AvgIpc) is 2.32. The maximum absolute atomic E-state index is 12.1. The van der Waals surface area contributed by atoms with Crippen molar-refractivity contribution in [3.8, 4) is 0 Å². The topological polar surface area (TPSA) is 30.0 Å². The molecule has 2 aromatic rings. The zero-order valence-electron chi connectivity index (χ0n) is 10.4. The van der Waals surface area contributed by atoms with Crippen molar-refractivity contribution >= 4 is 17.4 Å². The number of benzene rings is 1. The first-order chi connectivity index (χ1) is 8.56. The highest BCUT2D eigenvalue weighted by Gasteiger charge is 2.10. The van der Waals surface area contributed by atoms with Crippen molar-refractivity contribution in [1.29, 1.82) is 0 Å². The van der Waals surface area contributed by atoms with Crippen molar-refractivity contribution in [2.45, 2.75) is 20.3 Å². The van der Waals surface area contributed by atoms with Gasteiger partial charge >= 0.3 is 0 Å². The molecular formula is C15H14ClNO. The van der Waals surface area contributed by atoms with Gasteiger partial charge in [0.2, 0.25) is 0 Å². The van der Waals surface area contributed by atoms with E-state index < -0.39 is 0 Å². The molecule has 0 atom stereocenters. The second-order valence-electron chi connectivity index (χ2n) is 4.39. The van der Waals surface area contributed by atoms with Gasteiger partial charge in [-0.05, 0) is 49.2 Å². The summed E-state index contributed by atoms with van der Waals surface area (Å²) in [6.07, 6.45) is 2.10. The Morgan fingerprint density at radius 3 is 2.61 bits per heavy atom. The molecule has 0 bridgehead atoms. The van der Waals surface area contributed by atoms with E-state index in [1.165, 1.54) is 0 Å². The molecule has 0 saturated heterocycles. The quantitative estimate of drug-likeness (QED) is 0.786. The Morgan fingerprint density at radius 2 is 2.00 bits per heavy atom. The first-order valence-electron chi connectivity index (χ1n) is 5.77. The summed E-state index contributed by atoms with van der Waals surface area (Å²) in [5, 5.41) is 0.650. The van der Waals surface area contributed by atoms with Gasteiger partial charge in [-0.2, -0.15) is 0 Å². The molecule has 0 fully saturated rings. The van der Waals surface area contributed by atoms with E-state index in [2.05, 4.69) is 4.98 Å². The number of aryl methyl sites for hydroxylation is 2. The molecule has 0 saturated carbocycles. The minimum absolute atomic E-state index is 0.0699. The Morgan fingerprint density at radius 1 is 1.22 bits per heavy atom. The van der Waals surface area contributed by atoms with Crippen LogP contribution in [0.2, 0.25) is 5.02 Å². The predicted molar refractivity (Wildman–Crippen MR) is 73.2 cm³/mol. The predicted octanol–water partition coefficient (Wildman–Crippen LogP) is 3.78. The molecule has 0 spiro atoms. The molecule has 3 heteroatoms. The number of hydrogen-bond donors (Lipinski definition) is 0. The second kappa shape index (κ2) is 5.32. The number of rotatable bonds is 3. The van der Waals surface area contributed by atoms with Gasteiger partial charge < -0.3 is 0 Å². The highest BCUT2D eigenvalue weighted by atomic mass is 35.5. The summed E-state index contributed by atoms with van der Waals surface area (Å²) < 4.78 is 0. The van der Waals surface area contributed by atoms with Crippen LogP contribution in [0.15, 0.2) is 36.5 Å². The summed E-state index contributed by atoms with van der Waals surface area (Å²) in [6, 6.07) is 9.17. The van der Waals surface area contributed by atoms with Crippen molar-refractivity contribution < 1.29 is 4.79 Å². The van der Waals surface area contributed by atoms with E-state index in [0.717, 1.165) is 16.8 Å². The Hall–Kier alpha value is -1.67. The van der Waals surface area contributed by atoms with E-state index in [1.807, 2.05) is 26.0 Å². The molecular weight excluding hydrogens is 246 g/mol. The number of carbonyl (C=O) groups excluding carboxylic acids is 1. The maximum atomic E-state index is 12.1. The fourth-order valence-corrected chi connectivity index (χ4v) is 2.03. The largest absolute Gasteiger partial charge is 0.294 e. The number of pyridine rings is 1. The number of aromatic nitrogens is 1. The van der Waals surface area contributed by atoms with Gasteiger partial charge in [0.15, 0.2) is 5.78 Å². The fraction of sp³-hybridized carbons (Fsp3) is 0.200. The third kappa shape index (κ3) is 2.96. The Bertz CT molecular complexity index is 576. The van der Waals surface area contributed by atoms with Gasteiger partial charge in [-0.1, -0.05) is 17.7 Å². The van der Waals surface area contributed by atoms with Crippen molar-refractivity contribution in [1.82, 2.24) is 4.98 Å². The van der Waals surface area contributed by atoms with E-state index in [1.54, 1.807) is 24.4 Å². The lowest BCUT2D eigenvalue weighted by atomic mass is 10.0. The highest BCUT2D eigenvalue weighted by molar-refractivity contribution is 6.30. The van der Waals surface area contributed by atoms with Crippen LogP contribution in [0.3, 0.4) is 0 Å². The monoisotopic (exact) mass is 259 g/mol. The summed E-state index contributed by atoms with van der Waals surface area (Å²) in [5.41, 5.74) is 3.50. The number of nitrogens with zero attached hydrogens (tertiary/aromatic N) is 1. The third-order valence-corrected chi connectivity index (χ3v) is 3.04. The fourth-order valence-electron chi connectivity index (χ4n) is 1.80. The summed E-state index contributed by atoms with van der Waals surface area (Å²) in [6.45, 7) is 3.86. The second-order valence-corrected chi connectivity index (χ2v) is 4.82. The Balaban J connectivity index is 2.19. The summed E-state index contributed by atoms with van der Waals surface area (Å²) in [5.74, 6) is 0.0699. The van der Waals surface area contributed by atoms with Crippen LogP contribution in [0.25, 0.3) is 0 Å². The summed E-state index contributed by atoms with van der Waals surface area (Å²) in [4.78, 5) is 16.4. The number of Topliss-reactive ketones (excluding diaryl/α,β-unsaturated/α-hetero) is 1. The van der Waals surface area contributed by atoms with Crippen LogP contribution in [-0.4, -0.2) is 10.8 Å². The van der Waals surface area contributed by atoms with Gasteiger partial charge in [-0.25, -0.2) is 0 Å². The van der Waals surface area contributed by atoms with Gasteiger partial charge in [-0.3, -0.25) is 9.78 Å². The standard InChI is InChI=1S/C15H14ClNO/c1-10-3-5-13(17-9-10)8-15(18)14-6-4-12(16)7-11(14)2/h3-7,9H,8H2,1-2H3. The molecule has 2 nitrogen and oxygen atoms in total. The average molecular weight is 260 g/mol. The first-order valence-corrected chi connectivity index (χ1v) is 6.15. The molecule has 0 unspecified atom stereocenters. The number of halogens is 1. The molecule has 0 aliphatic heterocycles. The normalized spacial score (nSPS) is 10.4. The Kier molecular flexibility index (Phi) is 3.78. The van der Waals surface area contributed by atoms with Gasteiger partial charge in [0.1, 0.15) is 0 Å². The van der Waals surface area contributed by atoms with Crippen molar-refractivity contribution in [2.24, 2.45) is 0 Å². The molecule has 18 heavy (non-hydrogen) atoms. The van der Waals surface area contributed by atoms with Gasteiger partial charge in [0.05, 0.1) is 6.42 Å². The van der Waals surface area contributed by atoms with Crippen LogP contribution in [0.1, 0.15) is 27.2 Å². The van der Waals surface area contributed by atoms with Gasteiger partial charge in [0, 0.05) is 22.5 Å². The molecule has 1 heterocycles. The lowest BCUT2D eigenvalue weighted by Gasteiger charge is -2.05. The van der Waals surface area contributed by atoms with E-state index in [9.17, 15) is 4.79 Å². The zero-order valence-corrected chi connectivity index (χ0v) is 11.2. The third-order valence-electron chi connectivity index (χ3n) is 2.80. The number of carbonyl (C=O) groups is 1. The first kappa shape index (κ1) is 12.8. The van der Waals surface area contributed by atoms with Crippen LogP contribution in [0.5, 0.6) is 0 Å². The number of ketones is 1. The lowest BCUT2D eigenvalue weighted by Crippen LogP contribution is -2.06. The van der Waals surface area contributed by atoms with Crippen molar-refractivity contribution in [3.05, 3.63) is 63.9 Å². The SMILES string of the molecule is Cc1ccc(CC(=O)c2ccc(Cl)cc2C)nc1. The van der Waals surface area contributed by atoms with Crippen LogP contribution in [0, 0.1) is 13.8 Å². The minimum atomic E-state index is 0.0699. The molecule has 2 rings (SSSR count). The van der Waals surface area contributed by atoms with E-state index >= 15 is 0 Å². The van der Waals surface area contributed by atoms with Gasteiger partial charge in [0.25, 0.3) is 0 Å². The summed E-state index contributed by atoms with van der Waals surface area (Å²) in [7, 11) is 0.